The smallest absolute Gasteiger partial charge is 0.412 e. The maximum Gasteiger partial charge on any atom is 0.412 e. The van der Waals surface area contributed by atoms with Gasteiger partial charge in [-0.25, -0.2) is 14.8 Å². The highest BCUT2D eigenvalue weighted by Crippen LogP contribution is 2.13. The molecule has 1 aromatic heterocycles. The molecule has 0 saturated carbocycles. The lowest BCUT2D eigenvalue weighted by Gasteiger charge is -2.19. The van der Waals surface area contributed by atoms with Crippen LogP contribution in [0.5, 0.6) is 0 Å². The van der Waals surface area contributed by atoms with Gasteiger partial charge in [0.1, 0.15) is 17.9 Å². The molecule has 1 aromatic carbocycles. The van der Waals surface area contributed by atoms with Crippen LogP contribution in [0.1, 0.15) is 50.6 Å². The summed E-state index contributed by atoms with van der Waals surface area (Å²) in [6.07, 6.45) is 0.355. The summed E-state index contributed by atoms with van der Waals surface area (Å²) in [7, 11) is 0. The van der Waals surface area contributed by atoms with E-state index in [9.17, 15) is 4.79 Å². The molecule has 0 fully saturated rings. The highest BCUT2D eigenvalue weighted by atomic mass is 16.6. The number of aromatic nitrogens is 1. The number of nitrogens with one attached hydrogen (secondary N) is 3. The zero-order chi connectivity index (χ0) is 22.1. The number of carbonyl (C=O) groups is 1. The highest BCUT2D eigenvalue weighted by Gasteiger charge is 2.16. The zero-order valence-corrected chi connectivity index (χ0v) is 18.8. The maximum absolute atomic E-state index is 11.8. The van der Waals surface area contributed by atoms with Crippen LogP contribution in [-0.4, -0.2) is 35.7 Å². The van der Waals surface area contributed by atoms with Gasteiger partial charge in [-0.1, -0.05) is 12.1 Å². The molecular weight excluding hydrogens is 382 g/mol. The van der Waals surface area contributed by atoms with Crippen molar-refractivity contribution in [1.82, 2.24) is 15.6 Å². The van der Waals surface area contributed by atoms with E-state index in [0.29, 0.717) is 30.6 Å². The van der Waals surface area contributed by atoms with Crippen LogP contribution in [-0.2, 0) is 17.7 Å². The number of ether oxygens (including phenoxy) is 1. The highest BCUT2D eigenvalue weighted by molar-refractivity contribution is 5.84. The first-order valence-electron chi connectivity index (χ1n) is 10.2. The fourth-order valence-electron chi connectivity index (χ4n) is 2.60. The summed E-state index contributed by atoms with van der Waals surface area (Å²) in [4.78, 5) is 20.7. The number of benzene rings is 1. The van der Waals surface area contributed by atoms with Crippen molar-refractivity contribution in [3.63, 3.8) is 0 Å². The monoisotopic (exact) mass is 415 g/mol. The summed E-state index contributed by atoms with van der Waals surface area (Å²) in [5.41, 5.74) is 2.22. The van der Waals surface area contributed by atoms with E-state index < -0.39 is 11.7 Å². The lowest BCUT2D eigenvalue weighted by molar-refractivity contribution is 0.0636. The Morgan fingerprint density at radius 1 is 1.17 bits per heavy atom. The van der Waals surface area contributed by atoms with Crippen LogP contribution >= 0.6 is 0 Å². The molecule has 0 aliphatic heterocycles. The number of guanidine groups is 1. The van der Waals surface area contributed by atoms with Gasteiger partial charge in [0.2, 0.25) is 5.89 Å². The molecule has 1 heterocycles. The first-order valence-corrected chi connectivity index (χ1v) is 10.2. The van der Waals surface area contributed by atoms with Crippen LogP contribution in [0.3, 0.4) is 0 Å². The van der Waals surface area contributed by atoms with Gasteiger partial charge in [0.25, 0.3) is 0 Å². The molecule has 0 aliphatic carbocycles. The SMILES string of the molecule is CCNC(=NCc1nc(C)c(C)o1)NCCc1ccc(NC(=O)OC(C)(C)C)cc1. The number of nitrogens with zero attached hydrogens (tertiary/aromatic N) is 2. The Labute approximate surface area is 178 Å². The molecule has 0 atom stereocenters. The van der Waals surface area contributed by atoms with Crippen LogP contribution in [0.15, 0.2) is 33.7 Å². The molecule has 0 bridgehead atoms. The van der Waals surface area contributed by atoms with Gasteiger partial charge in [-0.15, -0.1) is 0 Å². The van der Waals surface area contributed by atoms with Gasteiger partial charge < -0.3 is 19.8 Å². The lowest BCUT2D eigenvalue weighted by Crippen LogP contribution is -2.38. The van der Waals surface area contributed by atoms with Crippen molar-refractivity contribution in [2.45, 2.75) is 60.1 Å². The molecule has 3 N–H and O–H groups in total. The summed E-state index contributed by atoms with van der Waals surface area (Å²) in [6, 6.07) is 7.70. The van der Waals surface area contributed by atoms with Gasteiger partial charge in [-0.3, -0.25) is 5.32 Å². The van der Waals surface area contributed by atoms with E-state index in [4.69, 9.17) is 9.15 Å². The molecular formula is C22H33N5O3. The van der Waals surface area contributed by atoms with E-state index in [2.05, 4.69) is 25.9 Å². The molecule has 8 nitrogen and oxygen atoms in total. The second-order valence-electron chi connectivity index (χ2n) is 7.94. The number of aliphatic imine (C=N–C) groups is 1. The van der Waals surface area contributed by atoms with Crippen molar-refractivity contribution in [2.75, 3.05) is 18.4 Å². The minimum Gasteiger partial charge on any atom is -0.444 e. The van der Waals surface area contributed by atoms with E-state index in [0.717, 1.165) is 30.0 Å². The molecule has 0 aliphatic rings. The van der Waals surface area contributed by atoms with Crippen LogP contribution in [0.2, 0.25) is 0 Å². The van der Waals surface area contributed by atoms with Crippen LogP contribution in [0, 0.1) is 13.8 Å². The number of oxazole rings is 1. The van der Waals surface area contributed by atoms with E-state index in [-0.39, 0.29) is 0 Å². The predicted octanol–water partition coefficient (Wildman–Crippen LogP) is 3.94. The number of hydrogen-bond acceptors (Lipinski definition) is 5. The summed E-state index contributed by atoms with van der Waals surface area (Å²) in [5.74, 6) is 2.15. The van der Waals surface area contributed by atoms with Crippen molar-refractivity contribution in [2.24, 2.45) is 4.99 Å². The molecule has 8 heteroatoms. The number of carbonyl (C=O) groups excluding carboxylic acids is 1. The van der Waals surface area contributed by atoms with Gasteiger partial charge in [0.05, 0.1) is 5.69 Å². The van der Waals surface area contributed by atoms with Gasteiger partial charge in [-0.05, 0) is 65.7 Å². The third-order valence-electron chi connectivity index (χ3n) is 4.09. The molecule has 1 amide bonds. The topological polar surface area (TPSA) is 101 Å². The quantitative estimate of drug-likeness (QED) is 0.468. The van der Waals surface area contributed by atoms with Crippen molar-refractivity contribution in [1.29, 1.82) is 0 Å². The van der Waals surface area contributed by atoms with Gasteiger partial charge >= 0.3 is 6.09 Å². The third-order valence-corrected chi connectivity index (χ3v) is 4.09. The standard InChI is InChI=1S/C22H33N5O3/c1-7-23-20(25-14-19-26-15(2)16(3)29-19)24-13-12-17-8-10-18(11-9-17)27-21(28)30-22(4,5)6/h8-11H,7,12-14H2,1-6H3,(H,27,28)(H2,23,24,25). The van der Waals surface area contributed by atoms with Gasteiger partial charge in [-0.2, -0.15) is 0 Å². The normalized spacial score (nSPS) is 11.9. The second-order valence-corrected chi connectivity index (χ2v) is 7.94. The minimum absolute atomic E-state index is 0.384. The Hall–Kier alpha value is -3.03. The molecule has 2 rings (SSSR count). The van der Waals surface area contributed by atoms with Crippen LogP contribution in [0.4, 0.5) is 10.5 Å². The summed E-state index contributed by atoms with van der Waals surface area (Å²) >= 11 is 0. The number of anilines is 1. The van der Waals surface area contributed by atoms with Gasteiger partial charge in [0, 0.05) is 18.8 Å². The van der Waals surface area contributed by atoms with Crippen molar-refractivity contribution < 1.29 is 13.9 Å². The predicted molar refractivity (Wildman–Crippen MR) is 119 cm³/mol. The molecule has 0 spiro atoms. The van der Waals surface area contributed by atoms with E-state index in [1.54, 1.807) is 0 Å². The lowest BCUT2D eigenvalue weighted by atomic mass is 10.1. The Bertz CT molecular complexity index is 831. The Balaban J connectivity index is 1.83. The van der Waals surface area contributed by atoms with E-state index >= 15 is 0 Å². The first-order chi connectivity index (χ1) is 14.2. The number of amides is 1. The minimum atomic E-state index is -0.522. The molecule has 30 heavy (non-hydrogen) atoms. The number of rotatable bonds is 7. The average molecular weight is 416 g/mol. The first kappa shape index (κ1) is 23.3. The Kier molecular flexibility index (Phi) is 8.26. The molecule has 0 radical (unpaired) electrons. The van der Waals surface area contributed by atoms with E-state index in [1.807, 2.05) is 65.8 Å². The molecule has 164 valence electrons. The van der Waals surface area contributed by atoms with Crippen molar-refractivity contribution in [3.8, 4) is 0 Å². The zero-order valence-electron chi connectivity index (χ0n) is 18.8. The van der Waals surface area contributed by atoms with E-state index in [1.165, 1.54) is 0 Å². The number of aryl methyl sites for hydroxylation is 2. The summed E-state index contributed by atoms with van der Waals surface area (Å²) in [5, 5.41) is 9.26. The fraction of sp³-hybridized carbons (Fsp3) is 0.500. The Morgan fingerprint density at radius 2 is 1.87 bits per heavy atom. The van der Waals surface area contributed by atoms with Crippen LogP contribution in [0.25, 0.3) is 0 Å². The second kappa shape index (κ2) is 10.7. The largest absolute Gasteiger partial charge is 0.444 e. The van der Waals surface area contributed by atoms with Gasteiger partial charge in [0.15, 0.2) is 5.96 Å². The van der Waals surface area contributed by atoms with Crippen molar-refractivity contribution >= 4 is 17.7 Å². The molecule has 0 unspecified atom stereocenters. The maximum atomic E-state index is 11.8. The number of hydrogen-bond donors (Lipinski definition) is 3. The Morgan fingerprint density at radius 3 is 2.43 bits per heavy atom. The third kappa shape index (κ3) is 8.14. The van der Waals surface area contributed by atoms with Crippen LogP contribution < -0.4 is 16.0 Å². The average Bonchev–Trinajstić information content (AvgIpc) is 2.97. The summed E-state index contributed by atoms with van der Waals surface area (Å²) < 4.78 is 10.8. The molecule has 2 aromatic rings. The summed E-state index contributed by atoms with van der Waals surface area (Å²) in [6.45, 7) is 13.2. The fourth-order valence-corrected chi connectivity index (χ4v) is 2.60. The molecule has 0 saturated heterocycles. The van der Waals surface area contributed by atoms with Crippen molar-refractivity contribution in [3.05, 3.63) is 47.2 Å².